The fourth-order valence-electron chi connectivity index (χ4n) is 2.64. The Hall–Kier alpha value is -3.87. The Morgan fingerprint density at radius 3 is 2.58 bits per heavy atom. The van der Waals surface area contributed by atoms with Crippen molar-refractivity contribution in [1.82, 2.24) is 20.4 Å². The Bertz CT molecular complexity index is 1040. The smallest absolute Gasteiger partial charge is 0.273 e. The molecule has 0 aliphatic carbocycles. The number of anilines is 1. The van der Waals surface area contributed by atoms with Crippen LogP contribution in [-0.4, -0.2) is 31.4 Å². The van der Waals surface area contributed by atoms with Crippen molar-refractivity contribution in [2.24, 2.45) is 0 Å². The number of nitrogens with zero attached hydrogens (tertiary/aromatic N) is 2. The van der Waals surface area contributed by atoms with Crippen LogP contribution in [0.25, 0.3) is 22.5 Å². The lowest BCUT2D eigenvalue weighted by atomic mass is 10.1. The summed E-state index contributed by atoms with van der Waals surface area (Å²) in [7, 11) is 0. The van der Waals surface area contributed by atoms with Crippen molar-refractivity contribution < 1.29 is 9.90 Å². The van der Waals surface area contributed by atoms with Crippen molar-refractivity contribution in [2.45, 2.75) is 0 Å². The van der Waals surface area contributed by atoms with Crippen LogP contribution >= 0.6 is 0 Å². The van der Waals surface area contributed by atoms with Gasteiger partial charge in [0.2, 0.25) is 0 Å². The number of benzene rings is 2. The summed E-state index contributed by atoms with van der Waals surface area (Å²) in [5, 5.41) is 26.0. The lowest BCUT2D eigenvalue weighted by Gasteiger charge is -2.08. The van der Waals surface area contributed by atoms with Crippen LogP contribution in [0.1, 0.15) is 10.5 Å². The zero-order valence-electron chi connectivity index (χ0n) is 13.6. The van der Waals surface area contributed by atoms with E-state index in [4.69, 9.17) is 0 Å². The largest absolute Gasteiger partial charge is 0.508 e. The molecular weight excluding hydrogens is 330 g/mol. The Morgan fingerprint density at radius 1 is 1.00 bits per heavy atom. The van der Waals surface area contributed by atoms with Crippen LogP contribution < -0.4 is 5.32 Å². The van der Waals surface area contributed by atoms with E-state index >= 15 is 0 Å². The molecule has 4 rings (SSSR count). The minimum atomic E-state index is -0.297. The minimum Gasteiger partial charge on any atom is -0.508 e. The molecule has 1 amide bonds. The second-order valence-electron chi connectivity index (χ2n) is 5.68. The maximum atomic E-state index is 12.6. The number of carbonyl (C=O) groups excluding carboxylic acids is 1. The average molecular weight is 345 g/mol. The van der Waals surface area contributed by atoms with Crippen LogP contribution in [0.2, 0.25) is 0 Å². The van der Waals surface area contributed by atoms with Crippen molar-refractivity contribution in [2.75, 3.05) is 5.32 Å². The zero-order valence-corrected chi connectivity index (χ0v) is 13.6. The third-order valence-corrected chi connectivity index (χ3v) is 3.95. The number of nitrogens with one attached hydrogen (secondary N) is 3. The summed E-state index contributed by atoms with van der Waals surface area (Å²) in [6, 6.07) is 17.6. The highest BCUT2D eigenvalue weighted by Crippen LogP contribution is 2.26. The molecule has 2 aromatic carbocycles. The Balaban J connectivity index is 1.58. The van der Waals surface area contributed by atoms with Gasteiger partial charge in [-0.15, -0.1) is 0 Å². The van der Waals surface area contributed by atoms with Gasteiger partial charge in [-0.05, 0) is 42.5 Å². The van der Waals surface area contributed by atoms with Gasteiger partial charge in [0.05, 0.1) is 17.1 Å². The summed E-state index contributed by atoms with van der Waals surface area (Å²) < 4.78 is 0. The predicted molar refractivity (Wildman–Crippen MR) is 97.7 cm³/mol. The highest BCUT2D eigenvalue weighted by atomic mass is 16.3. The second-order valence-corrected chi connectivity index (χ2v) is 5.68. The molecule has 0 saturated heterocycles. The first-order chi connectivity index (χ1) is 12.7. The monoisotopic (exact) mass is 345 g/mol. The lowest BCUT2D eigenvalue weighted by molar-refractivity contribution is 0.102. The number of hydrogen-bond donors (Lipinski definition) is 4. The highest BCUT2D eigenvalue weighted by molar-refractivity contribution is 6.05. The molecule has 0 bridgehead atoms. The summed E-state index contributed by atoms with van der Waals surface area (Å²) in [5.74, 6) is -0.118. The Morgan fingerprint density at radius 2 is 1.81 bits per heavy atom. The first kappa shape index (κ1) is 15.6. The van der Waals surface area contributed by atoms with E-state index in [1.165, 1.54) is 0 Å². The Labute approximate surface area is 148 Å². The van der Waals surface area contributed by atoms with Crippen LogP contribution in [0.3, 0.4) is 0 Å². The van der Waals surface area contributed by atoms with Gasteiger partial charge in [-0.25, -0.2) is 0 Å². The minimum absolute atomic E-state index is 0.178. The molecule has 7 heteroatoms. The van der Waals surface area contributed by atoms with E-state index in [2.05, 4.69) is 25.7 Å². The SMILES string of the molecule is O=C(Nc1ccccc1-c1ccn[nH]1)c1cc(-c2ccc(O)cc2)n[nH]1. The molecule has 0 fully saturated rings. The number of hydrogen-bond acceptors (Lipinski definition) is 4. The normalized spacial score (nSPS) is 10.6. The van der Waals surface area contributed by atoms with E-state index in [1.54, 1.807) is 36.5 Å². The summed E-state index contributed by atoms with van der Waals surface area (Å²) in [5.41, 5.74) is 4.09. The molecule has 26 heavy (non-hydrogen) atoms. The van der Waals surface area contributed by atoms with Crippen molar-refractivity contribution in [3.05, 3.63) is 72.6 Å². The predicted octanol–water partition coefficient (Wildman–Crippen LogP) is 3.42. The molecule has 2 aromatic heterocycles. The van der Waals surface area contributed by atoms with Gasteiger partial charge in [0, 0.05) is 17.3 Å². The molecule has 4 aromatic rings. The number of H-pyrrole nitrogens is 2. The molecule has 128 valence electrons. The summed E-state index contributed by atoms with van der Waals surface area (Å²) >= 11 is 0. The van der Waals surface area contributed by atoms with Gasteiger partial charge in [-0.3, -0.25) is 15.0 Å². The maximum absolute atomic E-state index is 12.6. The van der Waals surface area contributed by atoms with Gasteiger partial charge in [0.15, 0.2) is 0 Å². The van der Waals surface area contributed by atoms with E-state index in [9.17, 15) is 9.90 Å². The van der Waals surface area contributed by atoms with Gasteiger partial charge in [0.25, 0.3) is 5.91 Å². The summed E-state index contributed by atoms with van der Waals surface area (Å²) in [6.45, 7) is 0. The molecule has 0 aliphatic heterocycles. The number of aromatic amines is 2. The van der Waals surface area contributed by atoms with Gasteiger partial charge < -0.3 is 10.4 Å². The number of phenolic OH excluding ortho intramolecular Hbond substituents is 1. The summed E-state index contributed by atoms with van der Waals surface area (Å²) in [4.78, 5) is 12.6. The van der Waals surface area contributed by atoms with E-state index in [0.717, 1.165) is 16.8 Å². The van der Waals surface area contributed by atoms with Crippen molar-refractivity contribution in [3.8, 4) is 28.3 Å². The second kappa shape index (κ2) is 6.56. The van der Waals surface area contributed by atoms with Crippen LogP contribution in [-0.2, 0) is 0 Å². The van der Waals surface area contributed by atoms with Crippen LogP contribution in [0.4, 0.5) is 5.69 Å². The van der Waals surface area contributed by atoms with Crippen LogP contribution in [0, 0.1) is 0 Å². The number of carbonyl (C=O) groups is 1. The molecule has 0 saturated carbocycles. The first-order valence-electron chi connectivity index (χ1n) is 7.95. The fourth-order valence-corrected chi connectivity index (χ4v) is 2.64. The third kappa shape index (κ3) is 3.05. The number of aromatic nitrogens is 4. The van der Waals surface area contributed by atoms with Crippen LogP contribution in [0.15, 0.2) is 66.9 Å². The van der Waals surface area contributed by atoms with Crippen molar-refractivity contribution in [1.29, 1.82) is 0 Å². The molecule has 0 radical (unpaired) electrons. The molecular formula is C19H15N5O2. The molecule has 0 unspecified atom stereocenters. The number of para-hydroxylation sites is 1. The molecule has 0 aliphatic rings. The number of amides is 1. The van der Waals surface area contributed by atoms with E-state index in [-0.39, 0.29) is 11.7 Å². The van der Waals surface area contributed by atoms with E-state index in [1.807, 2.05) is 30.3 Å². The molecule has 2 heterocycles. The summed E-state index contributed by atoms with van der Waals surface area (Å²) in [6.07, 6.45) is 1.66. The molecule has 7 nitrogen and oxygen atoms in total. The number of rotatable bonds is 4. The van der Waals surface area contributed by atoms with Gasteiger partial charge >= 0.3 is 0 Å². The lowest BCUT2D eigenvalue weighted by Crippen LogP contribution is -2.13. The number of aromatic hydroxyl groups is 1. The molecule has 4 N–H and O–H groups in total. The zero-order chi connectivity index (χ0) is 17.9. The Kier molecular flexibility index (Phi) is 3.95. The fraction of sp³-hybridized carbons (Fsp3) is 0. The van der Waals surface area contributed by atoms with Crippen molar-refractivity contribution >= 4 is 11.6 Å². The van der Waals surface area contributed by atoms with Gasteiger partial charge in [-0.1, -0.05) is 18.2 Å². The molecule has 0 spiro atoms. The van der Waals surface area contributed by atoms with Gasteiger partial charge in [0.1, 0.15) is 11.4 Å². The van der Waals surface area contributed by atoms with Gasteiger partial charge in [-0.2, -0.15) is 10.2 Å². The third-order valence-electron chi connectivity index (χ3n) is 3.95. The van der Waals surface area contributed by atoms with Crippen LogP contribution in [0.5, 0.6) is 5.75 Å². The maximum Gasteiger partial charge on any atom is 0.273 e. The topological polar surface area (TPSA) is 107 Å². The average Bonchev–Trinajstić information content (AvgIpc) is 3.35. The van der Waals surface area contributed by atoms with E-state index < -0.39 is 0 Å². The quantitative estimate of drug-likeness (QED) is 0.454. The van der Waals surface area contributed by atoms with Crippen molar-refractivity contribution in [3.63, 3.8) is 0 Å². The van der Waals surface area contributed by atoms with E-state index in [0.29, 0.717) is 17.1 Å². The highest BCUT2D eigenvalue weighted by Gasteiger charge is 2.14. The number of phenols is 1. The first-order valence-corrected chi connectivity index (χ1v) is 7.95. The standard InChI is InChI=1S/C19H15N5O2/c25-13-7-5-12(6-8-13)17-11-18(24-23-17)19(26)21-15-4-2-1-3-14(15)16-9-10-20-22-16/h1-11,25H,(H,20,22)(H,21,26)(H,23,24). The molecule has 0 atom stereocenters.